The van der Waals surface area contributed by atoms with E-state index in [2.05, 4.69) is 4.99 Å². The molecule has 0 saturated carbocycles. The Labute approximate surface area is 178 Å². The highest BCUT2D eigenvalue weighted by atomic mass is 16.6. The second-order valence-electron chi connectivity index (χ2n) is 6.93. The van der Waals surface area contributed by atoms with E-state index in [1.54, 1.807) is 6.08 Å². The zero-order valence-corrected chi connectivity index (χ0v) is 16.6. The fraction of sp³-hybridized carbons (Fsp3) is 0.0833. The monoisotopic (exact) mass is 414 g/mol. The van der Waals surface area contributed by atoms with Crippen LogP contribution in [-0.2, 0) is 16.1 Å². The Hall–Kier alpha value is -4.26. The SMILES string of the molecule is Cc1ccccc1COc1cccc(/C=C2\N=C(c3ccc([N+](=O)[O-])cc3)OC2=O)c1. The summed E-state index contributed by atoms with van der Waals surface area (Å²) >= 11 is 0. The molecular formula is C24H18N2O5. The van der Waals surface area contributed by atoms with E-state index in [0.29, 0.717) is 17.9 Å². The minimum absolute atomic E-state index is 0.0491. The maximum Gasteiger partial charge on any atom is 0.363 e. The summed E-state index contributed by atoms with van der Waals surface area (Å²) < 4.78 is 11.1. The van der Waals surface area contributed by atoms with E-state index in [9.17, 15) is 14.9 Å². The molecule has 0 radical (unpaired) electrons. The van der Waals surface area contributed by atoms with Crippen molar-refractivity contribution in [3.8, 4) is 5.75 Å². The van der Waals surface area contributed by atoms with Crippen LogP contribution >= 0.6 is 0 Å². The number of cyclic esters (lactones) is 1. The lowest BCUT2D eigenvalue weighted by atomic mass is 10.1. The van der Waals surface area contributed by atoms with E-state index < -0.39 is 10.9 Å². The highest BCUT2D eigenvalue weighted by Gasteiger charge is 2.24. The number of carbonyl (C=O) groups is 1. The summed E-state index contributed by atoms with van der Waals surface area (Å²) in [5, 5.41) is 10.8. The van der Waals surface area contributed by atoms with Gasteiger partial charge in [0.2, 0.25) is 5.90 Å². The number of nitrogens with zero attached hydrogens (tertiary/aromatic N) is 2. The molecule has 4 rings (SSSR count). The number of benzene rings is 3. The van der Waals surface area contributed by atoms with Gasteiger partial charge in [-0.3, -0.25) is 10.1 Å². The molecule has 0 saturated heterocycles. The largest absolute Gasteiger partial charge is 0.489 e. The van der Waals surface area contributed by atoms with Crippen molar-refractivity contribution in [2.45, 2.75) is 13.5 Å². The summed E-state index contributed by atoms with van der Waals surface area (Å²) in [7, 11) is 0. The van der Waals surface area contributed by atoms with Crippen LogP contribution in [0.15, 0.2) is 83.5 Å². The second-order valence-corrected chi connectivity index (χ2v) is 6.93. The topological polar surface area (TPSA) is 91.0 Å². The first-order valence-corrected chi connectivity index (χ1v) is 9.54. The van der Waals surface area contributed by atoms with E-state index in [4.69, 9.17) is 9.47 Å². The van der Waals surface area contributed by atoms with E-state index >= 15 is 0 Å². The van der Waals surface area contributed by atoms with E-state index in [0.717, 1.165) is 16.7 Å². The van der Waals surface area contributed by atoms with Crippen LogP contribution in [0, 0.1) is 17.0 Å². The number of aliphatic imine (C=N–C) groups is 1. The van der Waals surface area contributed by atoms with Crippen LogP contribution in [0.5, 0.6) is 5.75 Å². The molecule has 154 valence electrons. The second kappa shape index (κ2) is 8.62. The first-order chi connectivity index (χ1) is 15.0. The van der Waals surface area contributed by atoms with Crippen LogP contribution in [0.4, 0.5) is 5.69 Å². The highest BCUT2D eigenvalue weighted by molar-refractivity contribution is 6.12. The van der Waals surface area contributed by atoms with Gasteiger partial charge in [-0.1, -0.05) is 36.4 Å². The van der Waals surface area contributed by atoms with Crippen LogP contribution in [0.25, 0.3) is 6.08 Å². The molecule has 0 spiro atoms. The first kappa shape index (κ1) is 20.0. The van der Waals surface area contributed by atoms with Crippen LogP contribution in [0.1, 0.15) is 22.3 Å². The van der Waals surface area contributed by atoms with Gasteiger partial charge >= 0.3 is 5.97 Å². The lowest BCUT2D eigenvalue weighted by molar-refractivity contribution is -0.384. The molecule has 3 aromatic carbocycles. The number of aryl methyl sites for hydroxylation is 1. The average molecular weight is 414 g/mol. The number of carbonyl (C=O) groups excluding carboxylic acids is 1. The zero-order chi connectivity index (χ0) is 21.8. The molecule has 0 unspecified atom stereocenters. The lowest BCUT2D eigenvalue weighted by Gasteiger charge is -2.09. The molecule has 1 aliphatic rings. The minimum Gasteiger partial charge on any atom is -0.489 e. The summed E-state index contributed by atoms with van der Waals surface area (Å²) in [5.41, 5.74) is 3.57. The predicted octanol–water partition coefficient (Wildman–Crippen LogP) is 4.83. The van der Waals surface area contributed by atoms with Crippen molar-refractivity contribution in [1.29, 1.82) is 0 Å². The number of nitro benzene ring substituents is 1. The molecule has 31 heavy (non-hydrogen) atoms. The third kappa shape index (κ3) is 4.67. The summed E-state index contributed by atoms with van der Waals surface area (Å²) in [6, 6.07) is 21.0. The average Bonchev–Trinajstić information content (AvgIpc) is 3.13. The number of esters is 1. The normalized spacial score (nSPS) is 14.3. The lowest BCUT2D eigenvalue weighted by Crippen LogP contribution is -2.05. The Balaban J connectivity index is 1.51. The van der Waals surface area contributed by atoms with E-state index in [1.807, 2.05) is 55.5 Å². The molecule has 7 nitrogen and oxygen atoms in total. The molecule has 3 aromatic rings. The van der Waals surface area contributed by atoms with Crippen molar-refractivity contribution in [1.82, 2.24) is 0 Å². The summed E-state index contributed by atoms with van der Waals surface area (Å²) in [5.74, 6) is 0.196. The van der Waals surface area contributed by atoms with Crippen molar-refractivity contribution in [2.24, 2.45) is 4.99 Å². The molecule has 7 heteroatoms. The first-order valence-electron chi connectivity index (χ1n) is 9.54. The molecule has 1 aliphatic heterocycles. The van der Waals surface area contributed by atoms with Gasteiger partial charge < -0.3 is 9.47 Å². The van der Waals surface area contributed by atoms with Crippen LogP contribution in [0.2, 0.25) is 0 Å². The molecule has 0 fully saturated rings. The Morgan fingerprint density at radius 2 is 1.84 bits per heavy atom. The number of non-ortho nitro benzene ring substituents is 1. The third-order valence-electron chi connectivity index (χ3n) is 4.76. The minimum atomic E-state index is -0.584. The van der Waals surface area contributed by atoms with Crippen LogP contribution in [-0.4, -0.2) is 16.8 Å². The van der Waals surface area contributed by atoms with Crippen LogP contribution < -0.4 is 4.74 Å². The number of hydrogen-bond acceptors (Lipinski definition) is 6. The smallest absolute Gasteiger partial charge is 0.363 e. The number of nitro groups is 1. The highest BCUT2D eigenvalue weighted by Crippen LogP contribution is 2.23. The van der Waals surface area contributed by atoms with Crippen molar-refractivity contribution in [3.63, 3.8) is 0 Å². The Kier molecular flexibility index (Phi) is 5.57. The van der Waals surface area contributed by atoms with E-state index in [-0.39, 0.29) is 17.3 Å². The van der Waals surface area contributed by atoms with Gasteiger partial charge in [0.1, 0.15) is 12.4 Å². The van der Waals surface area contributed by atoms with Gasteiger partial charge in [0.25, 0.3) is 5.69 Å². The van der Waals surface area contributed by atoms with Gasteiger partial charge in [0.15, 0.2) is 5.70 Å². The zero-order valence-electron chi connectivity index (χ0n) is 16.6. The number of ether oxygens (including phenoxy) is 2. The summed E-state index contributed by atoms with van der Waals surface area (Å²) in [6.45, 7) is 2.48. The number of hydrogen-bond donors (Lipinski definition) is 0. The molecule has 0 aliphatic carbocycles. The molecule has 0 aromatic heterocycles. The fourth-order valence-corrected chi connectivity index (χ4v) is 3.04. The van der Waals surface area contributed by atoms with E-state index in [1.165, 1.54) is 24.3 Å². The molecule has 1 heterocycles. The van der Waals surface area contributed by atoms with Gasteiger partial charge in [-0.25, -0.2) is 9.79 Å². The maximum absolute atomic E-state index is 12.2. The van der Waals surface area contributed by atoms with Crippen molar-refractivity contribution >= 4 is 23.6 Å². The Morgan fingerprint density at radius 1 is 1.06 bits per heavy atom. The van der Waals surface area contributed by atoms with Gasteiger partial charge in [-0.05, 0) is 54.0 Å². The Bertz CT molecular complexity index is 1210. The van der Waals surface area contributed by atoms with Crippen LogP contribution in [0.3, 0.4) is 0 Å². The van der Waals surface area contributed by atoms with Gasteiger partial charge in [-0.15, -0.1) is 0 Å². The van der Waals surface area contributed by atoms with Gasteiger partial charge in [0.05, 0.1) is 4.92 Å². The molecule has 0 amide bonds. The quantitative estimate of drug-likeness (QED) is 0.249. The van der Waals surface area contributed by atoms with Crippen molar-refractivity contribution in [3.05, 3.63) is 111 Å². The van der Waals surface area contributed by atoms with Gasteiger partial charge in [-0.2, -0.15) is 0 Å². The maximum atomic E-state index is 12.2. The summed E-state index contributed by atoms with van der Waals surface area (Å²) in [6.07, 6.45) is 1.61. The molecule has 0 N–H and O–H groups in total. The molecule has 0 bridgehead atoms. The Morgan fingerprint density at radius 3 is 2.58 bits per heavy atom. The fourth-order valence-electron chi connectivity index (χ4n) is 3.04. The van der Waals surface area contributed by atoms with Crippen molar-refractivity contribution in [2.75, 3.05) is 0 Å². The van der Waals surface area contributed by atoms with Gasteiger partial charge in [0, 0.05) is 17.7 Å². The standard InChI is InChI=1S/C24H18N2O5/c1-16-5-2-3-7-19(16)15-30-21-8-4-6-17(13-21)14-22-24(27)31-23(25-22)18-9-11-20(12-10-18)26(28)29/h2-14H,15H2,1H3/b22-14-. The predicted molar refractivity (Wildman–Crippen MR) is 116 cm³/mol. The van der Waals surface area contributed by atoms with Crippen molar-refractivity contribution < 1.29 is 19.2 Å². The number of rotatable bonds is 6. The third-order valence-corrected chi connectivity index (χ3v) is 4.76. The molecular weight excluding hydrogens is 396 g/mol. The summed E-state index contributed by atoms with van der Waals surface area (Å²) in [4.78, 5) is 26.8. The molecule has 0 atom stereocenters.